The second-order valence-corrected chi connectivity index (χ2v) is 6.49. The molecular formula is C18H23ClN4O+2. The van der Waals surface area contributed by atoms with Gasteiger partial charge in [0, 0.05) is 6.07 Å². The fourth-order valence-corrected chi connectivity index (χ4v) is 3.22. The Hall–Kier alpha value is -2.11. The molecule has 6 heteroatoms. The fourth-order valence-electron chi connectivity index (χ4n) is 3.04. The molecule has 1 aromatic heterocycles. The quantitative estimate of drug-likeness (QED) is 0.863. The van der Waals surface area contributed by atoms with Crippen LogP contribution in [0, 0.1) is 0 Å². The SMILES string of the molecule is C[C@H](C(=O)Nc1ccccc1Cl)[NH+]1CCN(c2cccc[nH+]2)CC1. The van der Waals surface area contributed by atoms with Crippen molar-refractivity contribution in [1.82, 2.24) is 0 Å². The number of quaternary nitrogens is 1. The maximum atomic E-state index is 12.5. The van der Waals surface area contributed by atoms with E-state index in [1.54, 1.807) is 6.07 Å². The van der Waals surface area contributed by atoms with Crippen molar-refractivity contribution >= 4 is 29.0 Å². The lowest BCUT2D eigenvalue weighted by atomic mass is 10.2. The van der Waals surface area contributed by atoms with Gasteiger partial charge < -0.3 is 10.2 Å². The van der Waals surface area contributed by atoms with Gasteiger partial charge in [0.15, 0.2) is 6.04 Å². The number of carbonyl (C=O) groups excluding carboxylic acids is 1. The third-order valence-corrected chi connectivity index (χ3v) is 4.91. The summed E-state index contributed by atoms with van der Waals surface area (Å²) in [5, 5.41) is 3.51. The van der Waals surface area contributed by atoms with Gasteiger partial charge in [-0.15, -0.1) is 0 Å². The number of para-hydroxylation sites is 1. The van der Waals surface area contributed by atoms with Gasteiger partial charge in [-0.1, -0.05) is 29.8 Å². The Morgan fingerprint density at radius 3 is 2.58 bits per heavy atom. The van der Waals surface area contributed by atoms with E-state index in [9.17, 15) is 4.79 Å². The second kappa shape index (κ2) is 7.64. The molecule has 2 heterocycles. The monoisotopic (exact) mass is 346 g/mol. The number of amides is 1. The number of aromatic amines is 1. The molecule has 1 saturated heterocycles. The number of H-pyrrole nitrogens is 1. The van der Waals surface area contributed by atoms with Gasteiger partial charge >= 0.3 is 0 Å². The lowest BCUT2D eigenvalue weighted by Gasteiger charge is -2.31. The van der Waals surface area contributed by atoms with Crippen molar-refractivity contribution in [3.05, 3.63) is 53.7 Å². The van der Waals surface area contributed by atoms with Crippen molar-refractivity contribution in [1.29, 1.82) is 0 Å². The number of halogens is 1. The molecule has 24 heavy (non-hydrogen) atoms. The highest BCUT2D eigenvalue weighted by molar-refractivity contribution is 6.33. The Labute approximate surface area is 147 Å². The zero-order valence-electron chi connectivity index (χ0n) is 13.8. The molecule has 1 fully saturated rings. The van der Waals surface area contributed by atoms with Crippen molar-refractivity contribution in [2.75, 3.05) is 36.4 Å². The summed E-state index contributed by atoms with van der Waals surface area (Å²) in [5.41, 5.74) is 0.674. The van der Waals surface area contributed by atoms with Crippen molar-refractivity contribution in [3.8, 4) is 0 Å². The lowest BCUT2D eigenvalue weighted by Crippen LogP contribution is -3.19. The van der Waals surface area contributed by atoms with Crippen LogP contribution in [-0.4, -0.2) is 38.1 Å². The number of benzene rings is 1. The Bertz CT molecular complexity index is 686. The van der Waals surface area contributed by atoms with Crippen LogP contribution in [0.4, 0.5) is 11.5 Å². The minimum Gasteiger partial charge on any atom is -0.320 e. The van der Waals surface area contributed by atoms with Crippen LogP contribution in [0.25, 0.3) is 0 Å². The van der Waals surface area contributed by atoms with E-state index in [2.05, 4.69) is 21.3 Å². The van der Waals surface area contributed by atoms with Crippen molar-refractivity contribution in [2.24, 2.45) is 0 Å². The maximum Gasteiger partial charge on any atom is 0.282 e. The summed E-state index contributed by atoms with van der Waals surface area (Å²) in [6.07, 6.45) is 1.94. The summed E-state index contributed by atoms with van der Waals surface area (Å²) >= 11 is 6.11. The van der Waals surface area contributed by atoms with E-state index in [0.29, 0.717) is 10.7 Å². The molecule has 0 spiro atoms. The molecule has 1 amide bonds. The number of nitrogens with one attached hydrogen (secondary N) is 3. The van der Waals surface area contributed by atoms with Crippen molar-refractivity contribution in [2.45, 2.75) is 13.0 Å². The van der Waals surface area contributed by atoms with E-state index in [0.717, 1.165) is 32.0 Å². The van der Waals surface area contributed by atoms with Gasteiger partial charge in [0.25, 0.3) is 11.7 Å². The number of rotatable bonds is 4. The number of pyridine rings is 1. The predicted molar refractivity (Wildman–Crippen MR) is 95.5 cm³/mol. The van der Waals surface area contributed by atoms with Crippen LogP contribution in [0.2, 0.25) is 5.02 Å². The van der Waals surface area contributed by atoms with Crippen LogP contribution < -0.4 is 20.1 Å². The average Bonchev–Trinajstić information content (AvgIpc) is 2.64. The molecule has 0 saturated carbocycles. The lowest BCUT2D eigenvalue weighted by molar-refractivity contribution is -0.914. The normalized spacial score (nSPS) is 16.7. The van der Waals surface area contributed by atoms with Crippen LogP contribution in [0.5, 0.6) is 0 Å². The Morgan fingerprint density at radius 2 is 1.92 bits per heavy atom. The molecule has 1 aliphatic heterocycles. The van der Waals surface area contributed by atoms with Gasteiger partial charge in [-0.3, -0.25) is 9.69 Å². The zero-order valence-corrected chi connectivity index (χ0v) is 14.5. The summed E-state index contributed by atoms with van der Waals surface area (Å²) in [4.78, 5) is 19.4. The molecule has 0 aliphatic carbocycles. The molecule has 2 aromatic rings. The van der Waals surface area contributed by atoms with E-state index >= 15 is 0 Å². The Morgan fingerprint density at radius 1 is 1.21 bits per heavy atom. The van der Waals surface area contributed by atoms with Crippen LogP contribution in [-0.2, 0) is 4.79 Å². The van der Waals surface area contributed by atoms with Gasteiger partial charge in [-0.25, -0.2) is 4.98 Å². The van der Waals surface area contributed by atoms with Gasteiger partial charge in [0.05, 0.1) is 16.9 Å². The Balaban J connectivity index is 1.56. The molecule has 3 rings (SSSR count). The van der Waals surface area contributed by atoms with E-state index in [4.69, 9.17) is 11.6 Å². The standard InChI is InChI=1S/C18H21ClN4O/c1-14(18(24)21-16-7-3-2-6-15(16)19)22-10-12-23(13-11-22)17-8-4-5-9-20-17/h2-9,14H,10-13H2,1H3,(H,21,24)/p+2/t14-/m1/s1. The van der Waals surface area contributed by atoms with Gasteiger partial charge in [0.1, 0.15) is 26.2 Å². The van der Waals surface area contributed by atoms with Gasteiger partial charge in [-0.2, -0.15) is 0 Å². The predicted octanol–water partition coefficient (Wildman–Crippen LogP) is 0.886. The number of aromatic nitrogens is 1. The first-order chi connectivity index (χ1) is 11.6. The molecule has 0 unspecified atom stereocenters. The average molecular weight is 347 g/mol. The molecule has 1 atom stereocenters. The summed E-state index contributed by atoms with van der Waals surface area (Å²) in [5.74, 6) is 1.14. The smallest absolute Gasteiger partial charge is 0.282 e. The van der Waals surface area contributed by atoms with Crippen LogP contribution >= 0.6 is 11.6 Å². The summed E-state index contributed by atoms with van der Waals surface area (Å²) in [6.45, 7) is 5.70. The molecule has 1 aliphatic rings. The third kappa shape index (κ3) is 3.86. The number of piperazine rings is 1. The molecule has 0 bridgehead atoms. The number of carbonyl (C=O) groups is 1. The first kappa shape index (κ1) is 16.7. The molecular weight excluding hydrogens is 324 g/mol. The molecule has 5 nitrogen and oxygen atoms in total. The van der Waals surface area contributed by atoms with E-state index in [1.807, 2.05) is 43.5 Å². The highest BCUT2D eigenvalue weighted by Crippen LogP contribution is 2.20. The summed E-state index contributed by atoms with van der Waals surface area (Å²) < 4.78 is 0. The first-order valence-corrected chi connectivity index (χ1v) is 8.64. The summed E-state index contributed by atoms with van der Waals surface area (Å²) in [7, 11) is 0. The van der Waals surface area contributed by atoms with Crippen molar-refractivity contribution < 1.29 is 14.7 Å². The molecule has 126 valence electrons. The van der Waals surface area contributed by atoms with Crippen LogP contribution in [0.15, 0.2) is 48.7 Å². The minimum atomic E-state index is -0.108. The van der Waals surface area contributed by atoms with Gasteiger partial charge in [-0.05, 0) is 25.1 Å². The third-order valence-electron chi connectivity index (χ3n) is 4.58. The highest BCUT2D eigenvalue weighted by Gasteiger charge is 2.32. The number of anilines is 2. The van der Waals surface area contributed by atoms with Gasteiger partial charge in [0.2, 0.25) is 0 Å². The largest absolute Gasteiger partial charge is 0.320 e. The second-order valence-electron chi connectivity index (χ2n) is 6.08. The molecule has 3 N–H and O–H groups in total. The van der Waals surface area contributed by atoms with Crippen molar-refractivity contribution in [3.63, 3.8) is 0 Å². The first-order valence-electron chi connectivity index (χ1n) is 8.27. The number of nitrogens with zero attached hydrogens (tertiary/aromatic N) is 1. The number of hydrogen-bond acceptors (Lipinski definition) is 2. The highest BCUT2D eigenvalue weighted by atomic mass is 35.5. The maximum absolute atomic E-state index is 12.5. The fraction of sp³-hybridized carbons (Fsp3) is 0.333. The molecule has 1 aromatic carbocycles. The summed E-state index contributed by atoms with van der Waals surface area (Å²) in [6, 6.07) is 13.3. The van der Waals surface area contributed by atoms with E-state index in [-0.39, 0.29) is 11.9 Å². The van der Waals surface area contributed by atoms with Crippen LogP contribution in [0.1, 0.15) is 6.92 Å². The zero-order chi connectivity index (χ0) is 16.9. The Kier molecular flexibility index (Phi) is 5.33. The van der Waals surface area contributed by atoms with Crippen LogP contribution in [0.3, 0.4) is 0 Å². The number of hydrogen-bond donors (Lipinski definition) is 2. The molecule has 0 radical (unpaired) electrons. The minimum absolute atomic E-state index is 0.0119. The topological polar surface area (TPSA) is 50.9 Å². The van der Waals surface area contributed by atoms with E-state index in [1.165, 1.54) is 4.90 Å². The van der Waals surface area contributed by atoms with E-state index < -0.39 is 0 Å².